The number of carbonyl (C=O) groups excluding carboxylic acids is 1. The quantitative estimate of drug-likeness (QED) is 0.930. The molecule has 1 unspecified atom stereocenters. The van der Waals surface area contributed by atoms with Crippen molar-refractivity contribution in [2.45, 2.75) is 18.6 Å². The molecule has 0 radical (unpaired) electrons. The molecule has 0 aromatic carbocycles. The van der Waals surface area contributed by atoms with Crippen LogP contribution >= 0.6 is 11.6 Å². The van der Waals surface area contributed by atoms with Gasteiger partial charge < -0.3 is 10.2 Å². The van der Waals surface area contributed by atoms with E-state index in [1.165, 1.54) is 12.4 Å². The highest BCUT2D eigenvalue weighted by atomic mass is 35.5. The molecule has 1 aliphatic heterocycles. The van der Waals surface area contributed by atoms with Crippen molar-refractivity contribution in [3.63, 3.8) is 0 Å². The highest BCUT2D eigenvalue weighted by molar-refractivity contribution is 6.33. The molecule has 19 heavy (non-hydrogen) atoms. The summed E-state index contributed by atoms with van der Waals surface area (Å²) in [5.41, 5.74) is 0.490. The smallest absolute Gasteiger partial charge is 0.372 e. The first-order valence-electron chi connectivity index (χ1n) is 5.58. The van der Waals surface area contributed by atoms with Crippen LogP contribution in [0.25, 0.3) is 0 Å². The van der Waals surface area contributed by atoms with Crippen molar-refractivity contribution >= 4 is 23.2 Å². The Bertz CT molecular complexity index is 480. The maximum absolute atomic E-state index is 12.3. The van der Waals surface area contributed by atoms with E-state index in [9.17, 15) is 18.0 Å². The van der Waals surface area contributed by atoms with Crippen LogP contribution in [0, 0.1) is 0 Å². The van der Waals surface area contributed by atoms with Crippen molar-refractivity contribution in [1.29, 1.82) is 0 Å². The molecule has 104 valence electrons. The van der Waals surface area contributed by atoms with E-state index in [1.807, 2.05) is 0 Å². The average Bonchev–Trinajstić information content (AvgIpc) is 2.63. The predicted octanol–water partition coefficient (Wildman–Crippen LogP) is 2.31. The van der Waals surface area contributed by atoms with E-state index < -0.39 is 24.7 Å². The van der Waals surface area contributed by atoms with Crippen molar-refractivity contribution in [1.82, 2.24) is 9.88 Å². The summed E-state index contributed by atoms with van der Waals surface area (Å²) in [7, 11) is 0. The number of aromatic nitrogens is 1. The molecule has 8 heteroatoms. The molecule has 2 rings (SSSR count). The van der Waals surface area contributed by atoms with Gasteiger partial charge in [0.15, 0.2) is 0 Å². The Balaban J connectivity index is 2.01. The molecular weight excluding hydrogens is 283 g/mol. The lowest BCUT2D eigenvalue weighted by Gasteiger charge is -2.19. The third-order valence-electron chi connectivity index (χ3n) is 2.77. The number of nitrogens with zero attached hydrogens (tertiary/aromatic N) is 2. The molecule has 0 saturated carbocycles. The average molecular weight is 294 g/mol. The number of hydrogen-bond donors (Lipinski definition) is 1. The Hall–Kier alpha value is -1.50. The molecule has 1 aromatic heterocycles. The fraction of sp³-hybridized carbons (Fsp3) is 0.455. The zero-order valence-corrected chi connectivity index (χ0v) is 10.5. The lowest BCUT2D eigenvalue weighted by atomic mass is 10.2. The topological polar surface area (TPSA) is 45.2 Å². The molecular formula is C11H11ClF3N3O. The van der Waals surface area contributed by atoms with Crippen molar-refractivity contribution in [2.75, 3.05) is 18.4 Å². The summed E-state index contributed by atoms with van der Waals surface area (Å²) < 4.78 is 36.8. The van der Waals surface area contributed by atoms with Crippen LogP contribution in [0.2, 0.25) is 5.02 Å². The van der Waals surface area contributed by atoms with Crippen LogP contribution in [0.3, 0.4) is 0 Å². The Morgan fingerprint density at radius 2 is 2.26 bits per heavy atom. The summed E-state index contributed by atoms with van der Waals surface area (Å²) in [4.78, 5) is 16.4. The molecule has 1 aliphatic rings. The van der Waals surface area contributed by atoms with Crippen molar-refractivity contribution in [2.24, 2.45) is 0 Å². The Morgan fingerprint density at radius 1 is 1.53 bits per heavy atom. The summed E-state index contributed by atoms with van der Waals surface area (Å²) in [5.74, 6) is -0.565. The first-order chi connectivity index (χ1) is 8.87. The molecule has 0 spiro atoms. The van der Waals surface area contributed by atoms with E-state index in [2.05, 4.69) is 10.3 Å². The first kappa shape index (κ1) is 13.9. The summed E-state index contributed by atoms with van der Waals surface area (Å²) in [6.45, 7) is -1.13. The lowest BCUT2D eigenvalue weighted by molar-refractivity contribution is -0.157. The summed E-state index contributed by atoms with van der Waals surface area (Å²) in [5, 5.41) is 3.17. The van der Waals surface area contributed by atoms with Gasteiger partial charge in [-0.15, -0.1) is 0 Å². The van der Waals surface area contributed by atoms with Crippen LogP contribution < -0.4 is 5.32 Å². The van der Waals surface area contributed by atoms with Gasteiger partial charge in [0.1, 0.15) is 12.6 Å². The fourth-order valence-electron chi connectivity index (χ4n) is 1.93. The zero-order valence-electron chi connectivity index (χ0n) is 9.75. The number of pyridine rings is 1. The molecule has 0 aliphatic carbocycles. The van der Waals surface area contributed by atoms with Crippen LogP contribution in [0.15, 0.2) is 18.5 Å². The van der Waals surface area contributed by atoms with Gasteiger partial charge in [0.2, 0.25) is 5.91 Å². The van der Waals surface area contributed by atoms with Crippen LogP contribution in [0.1, 0.15) is 6.42 Å². The number of carbonyl (C=O) groups is 1. The van der Waals surface area contributed by atoms with Crippen LogP contribution in [0.5, 0.6) is 0 Å². The van der Waals surface area contributed by atoms with Crippen LogP contribution in [-0.2, 0) is 4.79 Å². The van der Waals surface area contributed by atoms with Gasteiger partial charge in [-0.3, -0.25) is 9.78 Å². The minimum atomic E-state index is -4.38. The van der Waals surface area contributed by atoms with Gasteiger partial charge in [0.25, 0.3) is 0 Å². The van der Waals surface area contributed by atoms with E-state index in [1.54, 1.807) is 6.07 Å². The zero-order chi connectivity index (χ0) is 14.0. The molecule has 1 N–H and O–H groups in total. The Morgan fingerprint density at radius 3 is 2.89 bits per heavy atom. The third kappa shape index (κ3) is 3.50. The van der Waals surface area contributed by atoms with E-state index in [0.717, 1.165) is 4.90 Å². The number of hydrogen-bond acceptors (Lipinski definition) is 3. The number of alkyl halides is 3. The van der Waals surface area contributed by atoms with E-state index in [4.69, 9.17) is 11.6 Å². The molecule has 1 fully saturated rings. The number of likely N-dealkylation sites (tertiary alicyclic amines) is 1. The van der Waals surface area contributed by atoms with Crippen molar-refractivity contribution < 1.29 is 18.0 Å². The number of amides is 1. The van der Waals surface area contributed by atoms with Crippen molar-refractivity contribution in [3.05, 3.63) is 23.5 Å². The summed E-state index contributed by atoms with van der Waals surface area (Å²) >= 11 is 5.86. The monoisotopic (exact) mass is 293 g/mol. The van der Waals surface area contributed by atoms with Gasteiger partial charge in [0.05, 0.1) is 10.7 Å². The van der Waals surface area contributed by atoms with Gasteiger partial charge in [-0.2, -0.15) is 13.2 Å². The van der Waals surface area contributed by atoms with Gasteiger partial charge in [-0.25, -0.2) is 0 Å². The van der Waals surface area contributed by atoms with Gasteiger partial charge in [-0.1, -0.05) is 11.6 Å². The van der Waals surface area contributed by atoms with E-state index in [0.29, 0.717) is 17.1 Å². The SMILES string of the molecule is O=C1C(Nc2ccncc2Cl)CCN1CC(F)(F)F. The number of anilines is 1. The standard InChI is InChI=1S/C11H11ClF3N3O/c12-7-5-16-3-1-8(7)17-9-2-4-18(10(9)19)6-11(13,14)15/h1,3,5,9H,2,4,6H2,(H,16,17). The minimum Gasteiger partial charge on any atom is -0.372 e. The number of nitrogens with one attached hydrogen (secondary N) is 1. The van der Waals surface area contributed by atoms with Crippen LogP contribution in [0.4, 0.5) is 18.9 Å². The molecule has 4 nitrogen and oxygen atoms in total. The Labute approximate surface area is 112 Å². The summed E-state index contributed by atoms with van der Waals surface area (Å²) in [6.07, 6.45) is -1.18. The number of rotatable bonds is 3. The van der Waals surface area contributed by atoms with Gasteiger partial charge >= 0.3 is 6.18 Å². The fourth-order valence-corrected chi connectivity index (χ4v) is 2.10. The molecule has 2 heterocycles. The second-order valence-electron chi connectivity index (χ2n) is 4.22. The Kier molecular flexibility index (Phi) is 3.84. The lowest BCUT2D eigenvalue weighted by Crippen LogP contribution is -2.39. The molecule has 1 amide bonds. The maximum atomic E-state index is 12.3. The minimum absolute atomic E-state index is 0.0821. The van der Waals surface area contributed by atoms with Gasteiger partial charge in [-0.05, 0) is 12.5 Å². The molecule has 1 atom stereocenters. The molecule has 1 saturated heterocycles. The number of halogens is 4. The molecule has 0 bridgehead atoms. The van der Waals surface area contributed by atoms with E-state index in [-0.39, 0.29) is 6.54 Å². The van der Waals surface area contributed by atoms with Crippen LogP contribution in [-0.4, -0.2) is 41.1 Å². The van der Waals surface area contributed by atoms with E-state index >= 15 is 0 Å². The normalized spacial score (nSPS) is 19.9. The first-order valence-corrected chi connectivity index (χ1v) is 5.96. The third-order valence-corrected chi connectivity index (χ3v) is 3.07. The highest BCUT2D eigenvalue weighted by Gasteiger charge is 2.39. The second kappa shape index (κ2) is 5.24. The largest absolute Gasteiger partial charge is 0.406 e. The maximum Gasteiger partial charge on any atom is 0.406 e. The second-order valence-corrected chi connectivity index (χ2v) is 4.62. The van der Waals surface area contributed by atoms with Crippen molar-refractivity contribution in [3.8, 4) is 0 Å². The highest BCUT2D eigenvalue weighted by Crippen LogP contribution is 2.25. The molecule has 1 aromatic rings. The summed E-state index contributed by atoms with van der Waals surface area (Å²) in [6, 6.07) is 0.893. The van der Waals surface area contributed by atoms with Gasteiger partial charge in [0, 0.05) is 18.9 Å². The predicted molar refractivity (Wildman–Crippen MR) is 63.9 cm³/mol.